The molecule has 1 rings (SSSR count). The van der Waals surface area contributed by atoms with E-state index in [1.807, 2.05) is 0 Å². The van der Waals surface area contributed by atoms with Crippen LogP contribution in [0, 0.1) is 0 Å². The second-order valence-corrected chi connectivity index (χ2v) is 5.91. The average Bonchev–Trinajstić information content (AvgIpc) is 2.36. The van der Waals surface area contributed by atoms with Crippen LogP contribution >= 0.6 is 0 Å². The van der Waals surface area contributed by atoms with Gasteiger partial charge in [-0.2, -0.15) is 0 Å². The smallest absolute Gasteiger partial charge is 0.102 e. The molecule has 0 spiro atoms. The summed E-state index contributed by atoms with van der Waals surface area (Å²) in [7, 11) is 9.05. The van der Waals surface area contributed by atoms with E-state index in [-0.39, 0.29) is 0 Å². The van der Waals surface area contributed by atoms with E-state index in [1.165, 1.54) is 54.0 Å². The van der Waals surface area contributed by atoms with E-state index < -0.39 is 0 Å². The zero-order chi connectivity index (χ0) is 13.7. The van der Waals surface area contributed by atoms with Crippen LogP contribution in [0.5, 0.6) is 0 Å². The Hall–Kier alpha value is -0.520. The Morgan fingerprint density at radius 1 is 0.944 bits per heavy atom. The van der Waals surface area contributed by atoms with Gasteiger partial charge in [0.15, 0.2) is 0 Å². The predicted octanol–water partition coefficient (Wildman–Crippen LogP) is -2.21. The Kier molecular flexibility index (Phi) is 6.18. The van der Waals surface area contributed by atoms with E-state index in [4.69, 9.17) is 0 Å². The molecule has 0 saturated heterocycles. The van der Waals surface area contributed by atoms with Crippen molar-refractivity contribution in [2.75, 3.05) is 0 Å². The number of hydrogen-bond donors (Lipinski definition) is 0. The zero-order valence-electron chi connectivity index (χ0n) is 13.2. The molecule has 0 aromatic heterocycles. The molecule has 18 heavy (non-hydrogen) atoms. The van der Waals surface area contributed by atoms with Crippen LogP contribution in [-0.2, 0) is 0 Å². The number of benzene rings is 1. The Morgan fingerprint density at radius 2 is 1.61 bits per heavy atom. The minimum atomic E-state index is 0.708. The highest BCUT2D eigenvalue weighted by molar-refractivity contribution is 6.62. The molecule has 0 aliphatic carbocycles. The molecule has 1 aromatic rings. The SMILES string of the molecule is Bc1cc(C(C)CCCCCC)c(B)c(B)c1B. The van der Waals surface area contributed by atoms with Gasteiger partial charge in [-0.25, -0.2) is 0 Å². The molecule has 0 N–H and O–H groups in total. The summed E-state index contributed by atoms with van der Waals surface area (Å²) in [5.41, 5.74) is 7.50. The van der Waals surface area contributed by atoms with Crippen molar-refractivity contribution >= 4 is 53.2 Å². The minimum Gasteiger partial charge on any atom is -0.102 e. The summed E-state index contributed by atoms with van der Waals surface area (Å²) in [4.78, 5) is 0. The van der Waals surface area contributed by atoms with Crippen LogP contribution in [0.25, 0.3) is 0 Å². The van der Waals surface area contributed by atoms with E-state index in [0.29, 0.717) is 5.92 Å². The monoisotopic (exact) mass is 238 g/mol. The quantitative estimate of drug-likeness (QED) is 0.389. The molecule has 0 aliphatic rings. The highest BCUT2D eigenvalue weighted by atomic mass is 14.1. The topological polar surface area (TPSA) is 0 Å². The molecule has 0 bridgehead atoms. The molecule has 0 saturated carbocycles. The van der Waals surface area contributed by atoms with Gasteiger partial charge in [-0.1, -0.05) is 62.1 Å². The van der Waals surface area contributed by atoms with Crippen molar-refractivity contribution in [3.8, 4) is 0 Å². The lowest BCUT2D eigenvalue weighted by Crippen LogP contribution is -2.49. The first-order valence-electron chi connectivity index (χ1n) is 7.56. The molecular formula is C14H26B4. The maximum atomic E-state index is 2.42. The van der Waals surface area contributed by atoms with Crippen LogP contribution in [-0.4, -0.2) is 31.4 Å². The van der Waals surface area contributed by atoms with Crippen molar-refractivity contribution in [1.29, 1.82) is 0 Å². The predicted molar refractivity (Wildman–Crippen MR) is 96.3 cm³/mol. The van der Waals surface area contributed by atoms with E-state index in [0.717, 1.165) is 0 Å². The summed E-state index contributed by atoms with van der Waals surface area (Å²) in [5.74, 6) is 0.708. The van der Waals surface area contributed by atoms with Gasteiger partial charge in [0.1, 0.15) is 31.4 Å². The lowest BCUT2D eigenvalue weighted by Gasteiger charge is -2.20. The maximum absolute atomic E-state index is 2.42. The van der Waals surface area contributed by atoms with Gasteiger partial charge in [0.25, 0.3) is 0 Å². The van der Waals surface area contributed by atoms with Gasteiger partial charge in [0, 0.05) is 0 Å². The van der Waals surface area contributed by atoms with Gasteiger partial charge in [0.2, 0.25) is 0 Å². The van der Waals surface area contributed by atoms with Crippen molar-refractivity contribution in [1.82, 2.24) is 0 Å². The maximum Gasteiger partial charge on any atom is 0.138 e. The van der Waals surface area contributed by atoms with Crippen LogP contribution in [0.15, 0.2) is 6.07 Å². The number of unbranched alkanes of at least 4 members (excludes halogenated alkanes) is 3. The summed E-state index contributed by atoms with van der Waals surface area (Å²) in [6, 6.07) is 2.42. The number of rotatable bonds is 6. The normalized spacial score (nSPS) is 12.6. The third kappa shape index (κ3) is 3.73. The van der Waals surface area contributed by atoms with Crippen molar-refractivity contribution in [2.45, 2.75) is 51.9 Å². The molecule has 0 nitrogen and oxygen atoms in total. The van der Waals surface area contributed by atoms with Crippen LogP contribution in [0.4, 0.5) is 0 Å². The van der Waals surface area contributed by atoms with Crippen LogP contribution in [0.3, 0.4) is 0 Å². The Bertz CT molecular complexity index is 401. The fraction of sp³-hybridized carbons (Fsp3) is 0.571. The van der Waals surface area contributed by atoms with Crippen molar-refractivity contribution in [3.05, 3.63) is 11.6 Å². The highest BCUT2D eigenvalue weighted by Gasteiger charge is 2.12. The standard InChI is InChI=1S/C14H26B4/c1-3-4-5-6-7-9(2)10-8-11(15)13(17)14(18)12(10)16/h8-9H,3-7,15-18H2,1-2H3. The molecule has 0 radical (unpaired) electrons. The molecule has 0 aliphatic heterocycles. The molecule has 0 fully saturated rings. The molecular weight excluding hydrogens is 211 g/mol. The first-order valence-corrected chi connectivity index (χ1v) is 7.56. The van der Waals surface area contributed by atoms with Gasteiger partial charge in [0.05, 0.1) is 0 Å². The molecule has 1 unspecified atom stereocenters. The Labute approximate surface area is 117 Å². The summed E-state index contributed by atoms with van der Waals surface area (Å²) in [6.07, 6.45) is 6.82. The second-order valence-electron chi connectivity index (χ2n) is 5.91. The second kappa shape index (κ2) is 7.16. The zero-order valence-corrected chi connectivity index (χ0v) is 13.2. The average molecular weight is 238 g/mol. The Morgan fingerprint density at radius 3 is 2.22 bits per heavy atom. The Balaban J connectivity index is 2.77. The van der Waals surface area contributed by atoms with Gasteiger partial charge < -0.3 is 0 Å². The first kappa shape index (κ1) is 15.5. The lowest BCUT2D eigenvalue weighted by molar-refractivity contribution is 0.581. The third-order valence-electron chi connectivity index (χ3n) is 4.54. The molecule has 1 atom stereocenters. The van der Waals surface area contributed by atoms with Gasteiger partial charge in [-0.15, -0.1) is 10.9 Å². The van der Waals surface area contributed by atoms with E-state index in [1.54, 1.807) is 5.56 Å². The van der Waals surface area contributed by atoms with Crippen LogP contribution in [0.1, 0.15) is 57.4 Å². The molecule has 0 heterocycles. The van der Waals surface area contributed by atoms with Gasteiger partial charge >= 0.3 is 0 Å². The third-order valence-corrected chi connectivity index (χ3v) is 4.54. The van der Waals surface area contributed by atoms with E-state index >= 15 is 0 Å². The van der Waals surface area contributed by atoms with Crippen LogP contribution in [0.2, 0.25) is 0 Å². The number of hydrogen-bond acceptors (Lipinski definition) is 0. The molecule has 1 aromatic carbocycles. The fourth-order valence-corrected chi connectivity index (χ4v) is 2.79. The molecule has 0 amide bonds. The lowest BCUT2D eigenvalue weighted by atomic mass is 9.64. The first-order chi connectivity index (χ1) is 8.49. The summed E-state index contributed by atoms with van der Waals surface area (Å²) in [6.45, 7) is 4.67. The molecule has 94 valence electrons. The van der Waals surface area contributed by atoms with Crippen molar-refractivity contribution in [3.63, 3.8) is 0 Å². The van der Waals surface area contributed by atoms with Crippen molar-refractivity contribution < 1.29 is 0 Å². The largest absolute Gasteiger partial charge is 0.138 e. The van der Waals surface area contributed by atoms with Gasteiger partial charge in [-0.3, -0.25) is 0 Å². The fourth-order valence-electron chi connectivity index (χ4n) is 2.79. The van der Waals surface area contributed by atoms with E-state index in [9.17, 15) is 0 Å². The molecule has 4 heteroatoms. The summed E-state index contributed by atoms with van der Waals surface area (Å²) in [5, 5.41) is 0. The van der Waals surface area contributed by atoms with E-state index in [2.05, 4.69) is 51.3 Å². The van der Waals surface area contributed by atoms with Crippen molar-refractivity contribution in [2.24, 2.45) is 0 Å². The highest BCUT2D eigenvalue weighted by Crippen LogP contribution is 2.19. The summed E-state index contributed by atoms with van der Waals surface area (Å²) >= 11 is 0. The summed E-state index contributed by atoms with van der Waals surface area (Å²) < 4.78 is 0. The minimum absolute atomic E-state index is 0.708. The van der Waals surface area contributed by atoms with Gasteiger partial charge in [-0.05, 0) is 12.3 Å². The van der Waals surface area contributed by atoms with Crippen LogP contribution < -0.4 is 21.9 Å².